The minimum atomic E-state index is -0.201. The van der Waals surface area contributed by atoms with Crippen LogP contribution in [0, 0.1) is 11.8 Å². The molecule has 0 spiro atoms. The molecule has 80 valence electrons. The van der Waals surface area contributed by atoms with E-state index in [2.05, 4.69) is 13.8 Å². The van der Waals surface area contributed by atoms with E-state index in [0.717, 1.165) is 6.42 Å². The molecule has 0 N–H and O–H groups in total. The van der Waals surface area contributed by atoms with E-state index in [1.807, 2.05) is 0 Å². The van der Waals surface area contributed by atoms with Gasteiger partial charge in [-0.15, -0.1) is 0 Å². The highest BCUT2D eigenvalue weighted by Gasteiger charge is 2.49. The van der Waals surface area contributed by atoms with Crippen LogP contribution in [0.4, 0.5) is 0 Å². The number of hydrogen-bond acceptors (Lipinski definition) is 4. The number of carbonyl (C=O) groups is 1. The van der Waals surface area contributed by atoms with Crippen molar-refractivity contribution in [2.75, 3.05) is 0 Å². The van der Waals surface area contributed by atoms with Crippen LogP contribution in [0.5, 0.6) is 0 Å². The highest BCUT2D eigenvalue weighted by atomic mass is 32.2. The summed E-state index contributed by atoms with van der Waals surface area (Å²) >= 11 is 1.56. The average molecular weight is 216 g/mol. The van der Waals surface area contributed by atoms with Crippen molar-refractivity contribution in [2.45, 2.75) is 44.6 Å². The molecule has 1 heterocycles. The Labute approximate surface area is 88.7 Å². The molecule has 1 saturated heterocycles. The van der Waals surface area contributed by atoms with Crippen LogP contribution in [0.2, 0.25) is 0 Å². The largest absolute Gasteiger partial charge is 0.459 e. The third-order valence-electron chi connectivity index (χ3n) is 3.19. The normalized spacial score (nSPS) is 46.4. The van der Waals surface area contributed by atoms with E-state index in [9.17, 15) is 4.79 Å². The zero-order chi connectivity index (χ0) is 10.3. The van der Waals surface area contributed by atoms with Crippen LogP contribution in [-0.4, -0.2) is 23.4 Å². The lowest BCUT2D eigenvalue weighted by atomic mass is 9.79. The molecule has 0 amide bonds. The molecule has 1 aliphatic heterocycles. The molecule has 5 atom stereocenters. The van der Waals surface area contributed by atoms with Crippen molar-refractivity contribution in [3.8, 4) is 0 Å². The zero-order valence-corrected chi connectivity index (χ0v) is 9.54. The minimum absolute atomic E-state index is 0.0475. The molecule has 0 aromatic heterocycles. The number of ether oxygens (including phenoxy) is 1. The van der Waals surface area contributed by atoms with Crippen molar-refractivity contribution < 1.29 is 13.7 Å². The first-order chi connectivity index (χ1) is 6.59. The van der Waals surface area contributed by atoms with Gasteiger partial charge in [-0.1, -0.05) is 13.8 Å². The Hall–Kier alpha value is -0.220. The van der Waals surface area contributed by atoms with Crippen molar-refractivity contribution in [1.82, 2.24) is 0 Å². The highest BCUT2D eigenvalue weighted by Crippen LogP contribution is 2.47. The van der Waals surface area contributed by atoms with Crippen molar-refractivity contribution in [1.29, 1.82) is 0 Å². The summed E-state index contributed by atoms with van der Waals surface area (Å²) in [6, 6.07) is 0. The molecule has 0 aromatic carbocycles. The third-order valence-corrected chi connectivity index (χ3v) is 4.39. The zero-order valence-electron chi connectivity index (χ0n) is 8.73. The van der Waals surface area contributed by atoms with E-state index in [-0.39, 0.29) is 18.2 Å². The van der Waals surface area contributed by atoms with Crippen LogP contribution < -0.4 is 0 Å². The average Bonchev–Trinajstić information content (AvgIpc) is 2.34. The molecule has 2 fully saturated rings. The molecule has 0 aromatic rings. The number of esters is 1. The molecule has 1 saturated carbocycles. The molecule has 4 heteroatoms. The summed E-state index contributed by atoms with van der Waals surface area (Å²) < 4.78 is 10.9. The van der Waals surface area contributed by atoms with Crippen molar-refractivity contribution >= 4 is 18.0 Å². The van der Waals surface area contributed by atoms with Crippen LogP contribution in [0.25, 0.3) is 0 Å². The van der Waals surface area contributed by atoms with Crippen molar-refractivity contribution in [3.63, 3.8) is 0 Å². The van der Waals surface area contributed by atoms with Crippen LogP contribution in [0.3, 0.4) is 0 Å². The smallest absolute Gasteiger partial charge is 0.303 e. The Balaban J connectivity index is 2.10. The molecule has 3 nitrogen and oxygen atoms in total. The minimum Gasteiger partial charge on any atom is -0.459 e. The van der Waals surface area contributed by atoms with Gasteiger partial charge < -0.3 is 8.92 Å². The van der Waals surface area contributed by atoms with Gasteiger partial charge in [0, 0.05) is 18.1 Å². The van der Waals surface area contributed by atoms with Crippen LogP contribution in [0.15, 0.2) is 0 Å². The van der Waals surface area contributed by atoms with E-state index in [1.165, 1.54) is 6.92 Å². The first kappa shape index (κ1) is 10.3. The topological polar surface area (TPSA) is 35.5 Å². The monoisotopic (exact) mass is 216 g/mol. The SMILES string of the molecule is CC(=O)OC1C(C)CC2SOC1C2C. The Morgan fingerprint density at radius 2 is 2.21 bits per heavy atom. The molecule has 2 rings (SSSR count). The van der Waals surface area contributed by atoms with Crippen LogP contribution in [-0.2, 0) is 13.7 Å². The standard InChI is InChI=1S/C10H16O3S/c1-5-4-8-6(2)10(13-14-8)9(5)12-7(3)11/h5-6,8-10H,4H2,1-3H3. The van der Waals surface area contributed by atoms with Gasteiger partial charge in [0.1, 0.15) is 12.2 Å². The summed E-state index contributed by atoms with van der Waals surface area (Å²) in [5.41, 5.74) is 0. The summed E-state index contributed by atoms with van der Waals surface area (Å²) in [6.45, 7) is 5.78. The van der Waals surface area contributed by atoms with Gasteiger partial charge in [-0.2, -0.15) is 0 Å². The lowest BCUT2D eigenvalue weighted by molar-refractivity contribution is -0.157. The van der Waals surface area contributed by atoms with E-state index >= 15 is 0 Å². The predicted molar refractivity (Wildman–Crippen MR) is 54.8 cm³/mol. The summed E-state index contributed by atoms with van der Waals surface area (Å²) in [6.07, 6.45) is 1.13. The fourth-order valence-electron chi connectivity index (χ4n) is 2.33. The number of rotatable bonds is 1. The molecule has 2 aliphatic rings. The second kappa shape index (κ2) is 3.74. The lowest BCUT2D eigenvalue weighted by Crippen LogP contribution is -2.45. The maximum Gasteiger partial charge on any atom is 0.303 e. The fraction of sp³-hybridized carbons (Fsp3) is 0.900. The Bertz CT molecular complexity index is 244. The highest BCUT2D eigenvalue weighted by molar-refractivity contribution is 7.95. The van der Waals surface area contributed by atoms with Crippen molar-refractivity contribution in [3.05, 3.63) is 0 Å². The van der Waals surface area contributed by atoms with E-state index in [1.54, 1.807) is 12.0 Å². The van der Waals surface area contributed by atoms with Gasteiger partial charge >= 0.3 is 5.97 Å². The van der Waals surface area contributed by atoms with E-state index in [0.29, 0.717) is 17.1 Å². The second-order valence-corrected chi connectivity index (χ2v) is 5.33. The fourth-order valence-corrected chi connectivity index (χ4v) is 3.60. The first-order valence-corrected chi connectivity index (χ1v) is 5.89. The summed E-state index contributed by atoms with van der Waals surface area (Å²) in [5, 5.41) is 0.585. The molecule has 5 unspecified atom stereocenters. The Morgan fingerprint density at radius 3 is 2.86 bits per heavy atom. The molecule has 0 radical (unpaired) electrons. The molecular formula is C10H16O3S. The summed E-state index contributed by atoms with van der Waals surface area (Å²) in [4.78, 5) is 11.0. The summed E-state index contributed by atoms with van der Waals surface area (Å²) in [5.74, 6) is 0.716. The molecular weight excluding hydrogens is 200 g/mol. The maximum atomic E-state index is 11.0. The predicted octanol–water partition coefficient (Wildman–Crippen LogP) is 2.01. The van der Waals surface area contributed by atoms with Gasteiger partial charge in [0.2, 0.25) is 0 Å². The third kappa shape index (κ3) is 1.65. The lowest BCUT2D eigenvalue weighted by Gasteiger charge is -2.35. The van der Waals surface area contributed by atoms with Crippen LogP contribution >= 0.6 is 12.0 Å². The van der Waals surface area contributed by atoms with E-state index in [4.69, 9.17) is 8.92 Å². The quantitative estimate of drug-likeness (QED) is 0.496. The number of fused-ring (bicyclic) bond motifs is 2. The van der Waals surface area contributed by atoms with Gasteiger partial charge in [0.15, 0.2) is 0 Å². The van der Waals surface area contributed by atoms with Crippen molar-refractivity contribution in [2.24, 2.45) is 11.8 Å². The second-order valence-electron chi connectivity index (χ2n) is 4.34. The van der Waals surface area contributed by atoms with Gasteiger partial charge in [-0.3, -0.25) is 4.79 Å². The Kier molecular flexibility index (Phi) is 2.75. The van der Waals surface area contributed by atoms with Gasteiger partial charge in [-0.25, -0.2) is 0 Å². The van der Waals surface area contributed by atoms with Gasteiger partial charge in [0.25, 0.3) is 0 Å². The molecule has 1 aliphatic carbocycles. The van der Waals surface area contributed by atoms with Crippen LogP contribution in [0.1, 0.15) is 27.2 Å². The van der Waals surface area contributed by atoms with Gasteiger partial charge in [-0.05, 0) is 24.4 Å². The first-order valence-electron chi connectivity index (χ1n) is 5.09. The van der Waals surface area contributed by atoms with E-state index < -0.39 is 0 Å². The maximum absolute atomic E-state index is 11.0. The molecule has 14 heavy (non-hydrogen) atoms. The molecule has 2 bridgehead atoms. The van der Waals surface area contributed by atoms with Gasteiger partial charge in [0.05, 0.1) is 0 Å². The summed E-state index contributed by atoms with van der Waals surface area (Å²) in [7, 11) is 0. The Morgan fingerprint density at radius 1 is 1.50 bits per heavy atom. The number of carbonyl (C=O) groups excluding carboxylic acids is 1. The number of hydrogen-bond donors (Lipinski definition) is 0.